The SMILES string of the molecule is CCNC(=NCc1coc(-c2cccs2)n1)NCC(C)Oc1ccccc1F.I. The van der Waals surface area contributed by atoms with Crippen molar-refractivity contribution in [1.82, 2.24) is 15.6 Å². The molecule has 6 nitrogen and oxygen atoms in total. The van der Waals surface area contributed by atoms with E-state index in [4.69, 9.17) is 9.15 Å². The fourth-order valence-electron chi connectivity index (χ4n) is 2.43. The van der Waals surface area contributed by atoms with Crippen LogP contribution in [0.25, 0.3) is 10.8 Å². The van der Waals surface area contributed by atoms with E-state index in [0.29, 0.717) is 31.5 Å². The van der Waals surface area contributed by atoms with Crippen molar-refractivity contribution in [3.8, 4) is 16.5 Å². The van der Waals surface area contributed by atoms with Crippen molar-refractivity contribution in [1.29, 1.82) is 0 Å². The molecule has 2 heterocycles. The lowest BCUT2D eigenvalue weighted by molar-refractivity contribution is 0.214. The molecule has 0 amide bonds. The Morgan fingerprint density at radius 3 is 2.83 bits per heavy atom. The first-order valence-corrected chi connectivity index (χ1v) is 9.95. The highest BCUT2D eigenvalue weighted by molar-refractivity contribution is 14.0. The molecule has 2 aromatic heterocycles. The van der Waals surface area contributed by atoms with Gasteiger partial charge in [-0.05, 0) is 37.4 Å². The molecule has 1 unspecified atom stereocenters. The normalized spacial score (nSPS) is 12.2. The Morgan fingerprint density at radius 2 is 2.10 bits per heavy atom. The number of hydrogen-bond acceptors (Lipinski definition) is 5. The van der Waals surface area contributed by atoms with Gasteiger partial charge in [-0.3, -0.25) is 0 Å². The highest BCUT2D eigenvalue weighted by Gasteiger charge is 2.10. The van der Waals surface area contributed by atoms with Gasteiger partial charge in [0.25, 0.3) is 0 Å². The molecule has 1 atom stereocenters. The number of para-hydroxylation sites is 1. The minimum atomic E-state index is -0.373. The van der Waals surface area contributed by atoms with Crippen LogP contribution in [0.1, 0.15) is 19.5 Å². The van der Waals surface area contributed by atoms with Gasteiger partial charge in [-0.15, -0.1) is 35.3 Å². The average molecular weight is 530 g/mol. The molecule has 9 heteroatoms. The standard InChI is InChI=1S/C20H23FN4O2S.HI/c1-3-22-20(23-11-14(2)27-17-8-5-4-7-16(17)21)24-12-15-13-26-19(25-15)18-9-6-10-28-18;/h4-10,13-14H,3,11-12H2,1-2H3,(H2,22,23,24);1H. The fraction of sp³-hybridized carbons (Fsp3) is 0.300. The van der Waals surface area contributed by atoms with Crippen molar-refractivity contribution in [3.63, 3.8) is 0 Å². The molecule has 156 valence electrons. The van der Waals surface area contributed by atoms with E-state index in [2.05, 4.69) is 20.6 Å². The van der Waals surface area contributed by atoms with Crippen LogP contribution in [0.3, 0.4) is 0 Å². The first-order valence-electron chi connectivity index (χ1n) is 9.07. The third kappa shape index (κ3) is 7.00. The largest absolute Gasteiger partial charge is 0.486 e. The molecule has 0 radical (unpaired) electrons. The summed E-state index contributed by atoms with van der Waals surface area (Å²) >= 11 is 1.58. The Balaban J connectivity index is 0.00000300. The number of hydrogen-bond donors (Lipinski definition) is 2. The monoisotopic (exact) mass is 530 g/mol. The average Bonchev–Trinajstić information content (AvgIpc) is 3.37. The van der Waals surface area contributed by atoms with E-state index in [1.165, 1.54) is 6.07 Å². The Bertz CT molecular complexity index is 902. The second kappa shape index (κ2) is 11.8. The molecule has 0 aliphatic heterocycles. The minimum absolute atomic E-state index is 0. The van der Waals surface area contributed by atoms with Crippen molar-refractivity contribution in [3.05, 3.63) is 59.6 Å². The fourth-order valence-corrected chi connectivity index (χ4v) is 3.09. The Hall–Kier alpha value is -2.14. The maximum absolute atomic E-state index is 13.7. The Kier molecular flexibility index (Phi) is 9.39. The molecular weight excluding hydrogens is 506 g/mol. The van der Waals surface area contributed by atoms with Crippen LogP contribution in [-0.2, 0) is 6.54 Å². The van der Waals surface area contributed by atoms with Crippen LogP contribution in [0.4, 0.5) is 4.39 Å². The van der Waals surface area contributed by atoms with Crippen LogP contribution in [0.15, 0.2) is 57.5 Å². The maximum atomic E-state index is 13.7. The number of rotatable bonds is 8. The van der Waals surface area contributed by atoms with Gasteiger partial charge in [-0.1, -0.05) is 18.2 Å². The molecule has 3 aromatic rings. The number of nitrogens with zero attached hydrogens (tertiary/aromatic N) is 2. The Morgan fingerprint density at radius 1 is 1.28 bits per heavy atom. The molecule has 1 aromatic carbocycles. The highest BCUT2D eigenvalue weighted by atomic mass is 127. The molecule has 0 saturated heterocycles. The quantitative estimate of drug-likeness (QED) is 0.252. The van der Waals surface area contributed by atoms with Crippen LogP contribution >= 0.6 is 35.3 Å². The summed E-state index contributed by atoms with van der Waals surface area (Å²) in [4.78, 5) is 9.97. The van der Waals surface area contributed by atoms with Crippen LogP contribution in [0.2, 0.25) is 0 Å². The van der Waals surface area contributed by atoms with E-state index in [0.717, 1.165) is 10.6 Å². The van der Waals surface area contributed by atoms with E-state index in [1.807, 2.05) is 31.4 Å². The lowest BCUT2D eigenvalue weighted by atomic mass is 10.3. The van der Waals surface area contributed by atoms with Crippen LogP contribution < -0.4 is 15.4 Å². The van der Waals surface area contributed by atoms with E-state index in [9.17, 15) is 4.39 Å². The number of guanidine groups is 1. The zero-order valence-electron chi connectivity index (χ0n) is 16.2. The van der Waals surface area contributed by atoms with Gasteiger partial charge in [0.2, 0.25) is 5.89 Å². The van der Waals surface area contributed by atoms with Crippen molar-refractivity contribution in [2.75, 3.05) is 13.1 Å². The number of thiophene rings is 1. The highest BCUT2D eigenvalue weighted by Crippen LogP contribution is 2.23. The third-order valence-corrected chi connectivity index (χ3v) is 4.61. The summed E-state index contributed by atoms with van der Waals surface area (Å²) < 4.78 is 24.8. The van der Waals surface area contributed by atoms with Gasteiger partial charge in [-0.2, -0.15) is 0 Å². The number of halogens is 2. The summed E-state index contributed by atoms with van der Waals surface area (Å²) in [5.74, 6) is 1.10. The van der Waals surface area contributed by atoms with Gasteiger partial charge < -0.3 is 19.8 Å². The number of aliphatic imine (C=N–C) groups is 1. The van der Waals surface area contributed by atoms with Gasteiger partial charge >= 0.3 is 0 Å². The van der Waals surface area contributed by atoms with Gasteiger partial charge in [-0.25, -0.2) is 14.4 Å². The number of oxazole rings is 1. The summed E-state index contributed by atoms with van der Waals surface area (Å²) in [6.07, 6.45) is 1.38. The lowest BCUT2D eigenvalue weighted by Crippen LogP contribution is -2.41. The zero-order valence-corrected chi connectivity index (χ0v) is 19.4. The molecule has 0 saturated carbocycles. The van der Waals surface area contributed by atoms with Gasteiger partial charge in [0.15, 0.2) is 17.5 Å². The summed E-state index contributed by atoms with van der Waals surface area (Å²) in [6, 6.07) is 10.3. The van der Waals surface area contributed by atoms with Crippen molar-refractivity contribution < 1.29 is 13.5 Å². The third-order valence-electron chi connectivity index (χ3n) is 3.75. The van der Waals surface area contributed by atoms with Crippen LogP contribution in [0, 0.1) is 5.82 Å². The zero-order chi connectivity index (χ0) is 19.8. The van der Waals surface area contributed by atoms with E-state index >= 15 is 0 Å². The first kappa shape index (κ1) is 23.1. The number of nitrogens with one attached hydrogen (secondary N) is 2. The van der Waals surface area contributed by atoms with E-state index < -0.39 is 0 Å². The first-order chi connectivity index (χ1) is 13.7. The van der Waals surface area contributed by atoms with Gasteiger partial charge in [0, 0.05) is 6.54 Å². The van der Waals surface area contributed by atoms with Gasteiger partial charge in [0.05, 0.1) is 18.0 Å². The summed E-state index contributed by atoms with van der Waals surface area (Å²) in [5.41, 5.74) is 0.747. The topological polar surface area (TPSA) is 71.7 Å². The van der Waals surface area contributed by atoms with Crippen LogP contribution in [0.5, 0.6) is 5.75 Å². The van der Waals surface area contributed by atoms with E-state index in [-0.39, 0.29) is 41.6 Å². The Labute approximate surface area is 190 Å². The predicted molar refractivity (Wildman–Crippen MR) is 125 cm³/mol. The second-order valence-electron chi connectivity index (χ2n) is 6.06. The number of ether oxygens (including phenoxy) is 1. The number of aromatic nitrogens is 1. The molecule has 0 spiro atoms. The molecule has 0 bridgehead atoms. The number of benzene rings is 1. The summed E-state index contributed by atoms with van der Waals surface area (Å²) in [7, 11) is 0. The lowest BCUT2D eigenvalue weighted by Gasteiger charge is -2.17. The van der Waals surface area contributed by atoms with Crippen molar-refractivity contribution >= 4 is 41.3 Å². The van der Waals surface area contributed by atoms with Crippen molar-refractivity contribution in [2.24, 2.45) is 4.99 Å². The maximum Gasteiger partial charge on any atom is 0.236 e. The van der Waals surface area contributed by atoms with Gasteiger partial charge in [0.1, 0.15) is 18.1 Å². The summed E-state index contributed by atoms with van der Waals surface area (Å²) in [5, 5.41) is 8.35. The molecule has 29 heavy (non-hydrogen) atoms. The molecule has 3 rings (SSSR count). The molecule has 2 N–H and O–H groups in total. The molecule has 0 fully saturated rings. The van der Waals surface area contributed by atoms with Crippen LogP contribution in [-0.4, -0.2) is 30.1 Å². The van der Waals surface area contributed by atoms with E-state index in [1.54, 1.807) is 35.8 Å². The van der Waals surface area contributed by atoms with Crippen molar-refractivity contribution in [2.45, 2.75) is 26.5 Å². The smallest absolute Gasteiger partial charge is 0.236 e. The molecule has 0 aliphatic rings. The molecule has 0 aliphatic carbocycles. The minimum Gasteiger partial charge on any atom is -0.486 e. The molecular formula is C20H24FIN4O2S. The predicted octanol–water partition coefficient (Wildman–Crippen LogP) is 4.68. The second-order valence-corrected chi connectivity index (χ2v) is 7.00. The summed E-state index contributed by atoms with van der Waals surface area (Å²) in [6.45, 7) is 5.43.